The highest BCUT2D eigenvalue weighted by Crippen LogP contribution is 2.41. The zero-order chi connectivity index (χ0) is 14.9. The van der Waals surface area contributed by atoms with Crippen molar-refractivity contribution < 1.29 is 19.1 Å². The molecule has 1 aromatic rings. The van der Waals surface area contributed by atoms with Gasteiger partial charge in [0.1, 0.15) is 5.76 Å². The maximum Gasteiger partial charge on any atom is 0.307 e. The number of ketones is 1. The monoisotopic (exact) mass is 310 g/mol. The van der Waals surface area contributed by atoms with Crippen LogP contribution in [-0.4, -0.2) is 21.1 Å². The molecule has 1 N–H and O–H groups in total. The van der Waals surface area contributed by atoms with E-state index in [-0.39, 0.29) is 11.7 Å². The van der Waals surface area contributed by atoms with Gasteiger partial charge in [0, 0.05) is 0 Å². The van der Waals surface area contributed by atoms with Crippen LogP contribution in [0.4, 0.5) is 0 Å². The van der Waals surface area contributed by atoms with Crippen LogP contribution in [0.25, 0.3) is 6.08 Å². The number of Topliss-reactive ketones (excluding diaryl/α,β-unsaturated/α-hetero) is 1. The van der Waals surface area contributed by atoms with Crippen LogP contribution in [0, 0.1) is 17.8 Å². The van der Waals surface area contributed by atoms with Crippen molar-refractivity contribution in [2.24, 2.45) is 17.8 Å². The smallest absolute Gasteiger partial charge is 0.307 e. The highest BCUT2D eigenvalue weighted by Gasteiger charge is 2.45. The standard InChI is InChI=1S/C14H14O4S2/c1-7(2)10(13(16)17)11-12(15)9(20-14(11)19)6-8-4-3-5-18-8/h3-7,10-11H,1-2H3,(H,16,17)/b9-6-. The Kier molecular flexibility index (Phi) is 4.45. The second-order valence-electron chi connectivity index (χ2n) is 4.90. The van der Waals surface area contributed by atoms with Crippen LogP contribution >= 0.6 is 24.0 Å². The Hall–Kier alpha value is -1.40. The molecule has 0 bridgehead atoms. The van der Waals surface area contributed by atoms with Gasteiger partial charge in [0.15, 0.2) is 5.78 Å². The Labute approximate surface area is 126 Å². The topological polar surface area (TPSA) is 67.5 Å². The molecular weight excluding hydrogens is 296 g/mol. The molecule has 1 saturated heterocycles. The molecule has 2 unspecified atom stereocenters. The van der Waals surface area contributed by atoms with Crippen LogP contribution in [-0.2, 0) is 9.59 Å². The molecule has 6 heteroatoms. The molecule has 0 saturated carbocycles. The van der Waals surface area contributed by atoms with Gasteiger partial charge in [0.25, 0.3) is 0 Å². The van der Waals surface area contributed by atoms with Crippen LogP contribution in [0.2, 0.25) is 0 Å². The maximum atomic E-state index is 12.4. The summed E-state index contributed by atoms with van der Waals surface area (Å²) >= 11 is 6.38. The molecule has 1 fully saturated rings. The van der Waals surface area contributed by atoms with Crippen LogP contribution in [0.15, 0.2) is 27.7 Å². The third kappa shape index (κ3) is 2.86. The Balaban J connectivity index is 2.31. The van der Waals surface area contributed by atoms with E-state index >= 15 is 0 Å². The number of rotatable bonds is 4. The number of carbonyl (C=O) groups excluding carboxylic acids is 1. The van der Waals surface area contributed by atoms with E-state index in [0.29, 0.717) is 14.9 Å². The predicted molar refractivity (Wildman–Crippen MR) is 81.3 cm³/mol. The molecule has 1 aliphatic heterocycles. The third-order valence-electron chi connectivity index (χ3n) is 3.17. The van der Waals surface area contributed by atoms with Crippen molar-refractivity contribution in [3.05, 3.63) is 29.1 Å². The van der Waals surface area contributed by atoms with Gasteiger partial charge in [-0.15, -0.1) is 0 Å². The fourth-order valence-corrected chi connectivity index (χ4v) is 3.73. The number of thioether (sulfide) groups is 1. The van der Waals surface area contributed by atoms with E-state index < -0.39 is 17.8 Å². The van der Waals surface area contributed by atoms with Gasteiger partial charge in [0.05, 0.1) is 27.2 Å². The van der Waals surface area contributed by atoms with E-state index in [9.17, 15) is 14.7 Å². The molecule has 1 aliphatic rings. The van der Waals surface area contributed by atoms with Crippen LogP contribution in [0.3, 0.4) is 0 Å². The van der Waals surface area contributed by atoms with Crippen molar-refractivity contribution in [1.82, 2.24) is 0 Å². The van der Waals surface area contributed by atoms with Crippen LogP contribution < -0.4 is 0 Å². The van der Waals surface area contributed by atoms with Crippen LogP contribution in [0.1, 0.15) is 19.6 Å². The normalized spacial score (nSPS) is 22.8. The van der Waals surface area contributed by atoms with E-state index in [1.54, 1.807) is 32.1 Å². The lowest BCUT2D eigenvalue weighted by Crippen LogP contribution is -2.34. The SMILES string of the molecule is CC(C)C(C(=O)O)C1C(=O)/C(=C/c2ccco2)SC1=S. The van der Waals surface area contributed by atoms with E-state index in [1.165, 1.54) is 6.26 Å². The van der Waals surface area contributed by atoms with Gasteiger partial charge in [-0.05, 0) is 24.1 Å². The van der Waals surface area contributed by atoms with Gasteiger partial charge in [0.2, 0.25) is 0 Å². The number of hydrogen-bond acceptors (Lipinski definition) is 5. The second-order valence-corrected chi connectivity index (χ2v) is 6.68. The molecule has 106 valence electrons. The first kappa shape index (κ1) is 15.0. The molecule has 0 radical (unpaired) electrons. The molecule has 2 atom stereocenters. The summed E-state index contributed by atoms with van der Waals surface area (Å²) in [5.74, 6) is -2.35. The summed E-state index contributed by atoms with van der Waals surface area (Å²) in [7, 11) is 0. The minimum absolute atomic E-state index is 0.164. The third-order valence-corrected chi connectivity index (χ3v) is 4.67. The number of hydrogen-bond donors (Lipinski definition) is 1. The molecule has 2 heterocycles. The molecule has 0 aliphatic carbocycles. The average Bonchev–Trinajstić information content (AvgIpc) is 2.93. The average molecular weight is 310 g/mol. The summed E-state index contributed by atoms with van der Waals surface area (Å²) in [6.07, 6.45) is 3.12. The Bertz CT molecular complexity index is 572. The first-order chi connectivity index (χ1) is 9.41. The highest BCUT2D eigenvalue weighted by atomic mass is 32.2. The lowest BCUT2D eigenvalue weighted by atomic mass is 9.82. The lowest BCUT2D eigenvalue weighted by Gasteiger charge is -2.20. The van der Waals surface area contributed by atoms with Crippen molar-refractivity contribution >= 4 is 46.0 Å². The summed E-state index contributed by atoms with van der Waals surface area (Å²) in [6, 6.07) is 3.45. The minimum atomic E-state index is -0.986. The number of carboxylic acids is 1. The van der Waals surface area contributed by atoms with Gasteiger partial charge in [-0.2, -0.15) is 0 Å². The van der Waals surface area contributed by atoms with E-state index in [0.717, 1.165) is 11.8 Å². The van der Waals surface area contributed by atoms with E-state index in [4.69, 9.17) is 16.6 Å². The number of furan rings is 1. The Morgan fingerprint density at radius 2 is 2.25 bits per heavy atom. The van der Waals surface area contributed by atoms with Gasteiger partial charge in [-0.25, -0.2) is 0 Å². The van der Waals surface area contributed by atoms with Crippen LogP contribution in [0.5, 0.6) is 0 Å². The molecule has 4 nitrogen and oxygen atoms in total. The number of thiocarbonyl (C=S) groups is 1. The molecule has 20 heavy (non-hydrogen) atoms. The zero-order valence-electron chi connectivity index (χ0n) is 11.0. The molecule has 1 aromatic heterocycles. The molecule has 0 aromatic carbocycles. The summed E-state index contributed by atoms with van der Waals surface area (Å²) in [5.41, 5.74) is 0. The first-order valence-corrected chi connectivity index (χ1v) is 7.38. The first-order valence-electron chi connectivity index (χ1n) is 6.15. The molecular formula is C14H14O4S2. The van der Waals surface area contributed by atoms with Gasteiger partial charge in [-0.3, -0.25) is 9.59 Å². The minimum Gasteiger partial charge on any atom is -0.481 e. The number of carbonyl (C=O) groups is 2. The van der Waals surface area contributed by atoms with Crippen molar-refractivity contribution in [2.75, 3.05) is 0 Å². The zero-order valence-corrected chi connectivity index (χ0v) is 12.7. The van der Waals surface area contributed by atoms with Crippen molar-refractivity contribution in [1.29, 1.82) is 0 Å². The fraction of sp³-hybridized carbons (Fsp3) is 0.357. The largest absolute Gasteiger partial charge is 0.481 e. The molecule has 0 spiro atoms. The maximum absolute atomic E-state index is 12.4. The Morgan fingerprint density at radius 3 is 2.75 bits per heavy atom. The summed E-state index contributed by atoms with van der Waals surface area (Å²) in [4.78, 5) is 24.2. The van der Waals surface area contributed by atoms with Gasteiger partial charge < -0.3 is 9.52 Å². The fourth-order valence-electron chi connectivity index (χ4n) is 2.21. The summed E-state index contributed by atoms with van der Waals surface area (Å²) < 4.78 is 5.59. The predicted octanol–water partition coefficient (Wildman–Crippen LogP) is 3.24. The number of carboxylic acid groups (broad SMARTS) is 1. The van der Waals surface area contributed by atoms with Crippen molar-refractivity contribution in [3.63, 3.8) is 0 Å². The summed E-state index contributed by atoms with van der Waals surface area (Å²) in [5, 5.41) is 9.32. The lowest BCUT2D eigenvalue weighted by molar-refractivity contribution is -0.146. The van der Waals surface area contributed by atoms with E-state index in [2.05, 4.69) is 0 Å². The van der Waals surface area contributed by atoms with Gasteiger partial charge in [-0.1, -0.05) is 37.8 Å². The second kappa shape index (κ2) is 5.93. The summed E-state index contributed by atoms with van der Waals surface area (Å²) in [6.45, 7) is 3.57. The van der Waals surface area contributed by atoms with Gasteiger partial charge >= 0.3 is 5.97 Å². The Morgan fingerprint density at radius 1 is 1.55 bits per heavy atom. The van der Waals surface area contributed by atoms with Crippen molar-refractivity contribution in [3.8, 4) is 0 Å². The molecule has 0 amide bonds. The van der Waals surface area contributed by atoms with E-state index in [1.807, 2.05) is 0 Å². The number of aliphatic carboxylic acids is 1. The highest BCUT2D eigenvalue weighted by molar-refractivity contribution is 8.27. The number of allylic oxidation sites excluding steroid dienone is 1. The molecule has 2 rings (SSSR count). The van der Waals surface area contributed by atoms with Crippen molar-refractivity contribution in [2.45, 2.75) is 13.8 Å². The quantitative estimate of drug-likeness (QED) is 0.680.